The minimum Gasteiger partial charge on any atom is -0.344 e. The Kier molecular flexibility index (Phi) is 2.41. The van der Waals surface area contributed by atoms with Crippen molar-refractivity contribution in [3.63, 3.8) is 0 Å². The Morgan fingerprint density at radius 2 is 1.13 bits per heavy atom. The first-order valence-electron chi connectivity index (χ1n) is 4.80. The first-order chi connectivity index (χ1) is 6.88. The SMILES string of the molecule is Cl.Cn1c2ccccc2c2ccccc21. The third-order valence-corrected chi connectivity index (χ3v) is 2.82. The number of fused-ring (bicyclic) bond motifs is 3. The van der Waals surface area contributed by atoms with E-state index in [-0.39, 0.29) is 12.4 Å². The quantitative estimate of drug-likeness (QED) is 0.541. The zero-order valence-corrected chi connectivity index (χ0v) is 9.29. The third-order valence-electron chi connectivity index (χ3n) is 2.82. The van der Waals surface area contributed by atoms with E-state index in [1.54, 1.807) is 0 Å². The standard InChI is InChI=1S/C13H11N.ClH/c1-14-12-8-4-2-6-10(12)11-7-3-5-9-13(11)14;/h2-9H,1H3;1H. The van der Waals surface area contributed by atoms with Gasteiger partial charge in [0, 0.05) is 28.9 Å². The van der Waals surface area contributed by atoms with Crippen molar-refractivity contribution in [1.82, 2.24) is 4.57 Å². The molecule has 0 amide bonds. The molecular formula is C13H12ClN. The molecule has 2 heteroatoms. The highest BCUT2D eigenvalue weighted by Crippen LogP contribution is 2.26. The van der Waals surface area contributed by atoms with Gasteiger partial charge < -0.3 is 4.57 Å². The smallest absolute Gasteiger partial charge is 0.0488 e. The highest BCUT2D eigenvalue weighted by atomic mass is 35.5. The molecule has 0 saturated carbocycles. The summed E-state index contributed by atoms with van der Waals surface area (Å²) < 4.78 is 2.24. The molecule has 1 aromatic heterocycles. The molecule has 0 N–H and O–H groups in total. The predicted molar refractivity (Wildman–Crippen MR) is 67.7 cm³/mol. The van der Waals surface area contributed by atoms with Crippen LogP contribution in [0.1, 0.15) is 0 Å². The summed E-state index contributed by atoms with van der Waals surface area (Å²) in [5.74, 6) is 0. The second-order valence-electron chi connectivity index (χ2n) is 3.59. The lowest BCUT2D eigenvalue weighted by molar-refractivity contribution is 1.01. The van der Waals surface area contributed by atoms with E-state index >= 15 is 0 Å². The Balaban J connectivity index is 0.000000853. The van der Waals surface area contributed by atoms with Crippen LogP contribution in [0.2, 0.25) is 0 Å². The molecule has 1 heterocycles. The van der Waals surface area contributed by atoms with Crippen molar-refractivity contribution < 1.29 is 0 Å². The summed E-state index contributed by atoms with van der Waals surface area (Å²) in [5, 5.41) is 2.68. The molecule has 76 valence electrons. The zero-order valence-electron chi connectivity index (χ0n) is 8.47. The summed E-state index contributed by atoms with van der Waals surface area (Å²) in [6.45, 7) is 0. The molecular weight excluding hydrogens is 206 g/mol. The number of para-hydroxylation sites is 2. The van der Waals surface area contributed by atoms with Crippen LogP contribution in [0, 0.1) is 0 Å². The predicted octanol–water partition coefficient (Wildman–Crippen LogP) is 3.75. The van der Waals surface area contributed by atoms with Gasteiger partial charge in [-0.2, -0.15) is 0 Å². The summed E-state index contributed by atoms with van der Waals surface area (Å²) >= 11 is 0. The number of aryl methyl sites for hydroxylation is 1. The second kappa shape index (κ2) is 3.59. The van der Waals surface area contributed by atoms with Crippen molar-refractivity contribution in [1.29, 1.82) is 0 Å². The Labute approximate surface area is 94.7 Å². The summed E-state index contributed by atoms with van der Waals surface area (Å²) in [7, 11) is 2.12. The topological polar surface area (TPSA) is 4.93 Å². The molecule has 15 heavy (non-hydrogen) atoms. The molecule has 0 unspecified atom stereocenters. The molecule has 0 fully saturated rings. The monoisotopic (exact) mass is 217 g/mol. The lowest BCUT2D eigenvalue weighted by Crippen LogP contribution is -1.84. The van der Waals surface area contributed by atoms with Crippen LogP contribution < -0.4 is 0 Å². The van der Waals surface area contributed by atoms with Crippen LogP contribution in [0.25, 0.3) is 21.8 Å². The Morgan fingerprint density at radius 1 is 0.733 bits per heavy atom. The van der Waals surface area contributed by atoms with E-state index < -0.39 is 0 Å². The summed E-state index contributed by atoms with van der Waals surface area (Å²) in [5.41, 5.74) is 2.60. The largest absolute Gasteiger partial charge is 0.344 e. The van der Waals surface area contributed by atoms with Gasteiger partial charge in [0.1, 0.15) is 0 Å². The molecule has 2 aromatic carbocycles. The molecule has 0 radical (unpaired) electrons. The van der Waals surface area contributed by atoms with Crippen LogP contribution in [0.4, 0.5) is 0 Å². The average Bonchev–Trinajstić information content (AvgIpc) is 2.55. The van der Waals surface area contributed by atoms with E-state index in [1.807, 2.05) is 0 Å². The van der Waals surface area contributed by atoms with Gasteiger partial charge in [-0.25, -0.2) is 0 Å². The lowest BCUT2D eigenvalue weighted by atomic mass is 10.2. The van der Waals surface area contributed by atoms with Gasteiger partial charge in [0.2, 0.25) is 0 Å². The van der Waals surface area contributed by atoms with Crippen LogP contribution in [0.5, 0.6) is 0 Å². The number of halogens is 1. The van der Waals surface area contributed by atoms with Gasteiger partial charge in [-0.05, 0) is 12.1 Å². The van der Waals surface area contributed by atoms with Gasteiger partial charge >= 0.3 is 0 Å². The number of hydrogen-bond acceptors (Lipinski definition) is 0. The van der Waals surface area contributed by atoms with E-state index in [1.165, 1.54) is 21.8 Å². The van der Waals surface area contributed by atoms with Crippen molar-refractivity contribution >= 4 is 34.2 Å². The van der Waals surface area contributed by atoms with Gasteiger partial charge in [-0.1, -0.05) is 36.4 Å². The van der Waals surface area contributed by atoms with Crippen LogP contribution >= 0.6 is 12.4 Å². The maximum absolute atomic E-state index is 2.24. The van der Waals surface area contributed by atoms with Gasteiger partial charge in [-0.3, -0.25) is 0 Å². The van der Waals surface area contributed by atoms with Crippen molar-refractivity contribution in [2.45, 2.75) is 0 Å². The minimum atomic E-state index is 0. The van der Waals surface area contributed by atoms with E-state index in [2.05, 4.69) is 60.1 Å². The van der Waals surface area contributed by atoms with Crippen molar-refractivity contribution in [2.24, 2.45) is 7.05 Å². The Morgan fingerprint density at radius 3 is 1.60 bits per heavy atom. The van der Waals surface area contributed by atoms with Crippen molar-refractivity contribution in [3.8, 4) is 0 Å². The molecule has 0 aliphatic carbocycles. The number of aromatic nitrogens is 1. The number of nitrogens with zero attached hydrogens (tertiary/aromatic N) is 1. The maximum Gasteiger partial charge on any atom is 0.0488 e. The molecule has 3 aromatic rings. The summed E-state index contributed by atoms with van der Waals surface area (Å²) in [6.07, 6.45) is 0. The van der Waals surface area contributed by atoms with E-state index in [0.717, 1.165) is 0 Å². The normalized spacial score (nSPS) is 10.5. The molecule has 0 saturated heterocycles. The Hall–Kier alpha value is -1.47. The lowest BCUT2D eigenvalue weighted by Gasteiger charge is -1.95. The van der Waals surface area contributed by atoms with Gasteiger partial charge in [0.25, 0.3) is 0 Å². The third kappa shape index (κ3) is 1.31. The average molecular weight is 218 g/mol. The van der Waals surface area contributed by atoms with E-state index in [9.17, 15) is 0 Å². The first-order valence-corrected chi connectivity index (χ1v) is 4.80. The number of hydrogen-bond donors (Lipinski definition) is 0. The molecule has 0 atom stereocenters. The fourth-order valence-corrected chi connectivity index (χ4v) is 2.12. The number of rotatable bonds is 0. The number of benzene rings is 2. The molecule has 0 spiro atoms. The maximum atomic E-state index is 2.24. The van der Waals surface area contributed by atoms with Gasteiger partial charge in [0.05, 0.1) is 0 Å². The van der Waals surface area contributed by atoms with Gasteiger partial charge in [-0.15, -0.1) is 12.4 Å². The molecule has 0 aliphatic rings. The van der Waals surface area contributed by atoms with E-state index in [4.69, 9.17) is 0 Å². The second-order valence-corrected chi connectivity index (χ2v) is 3.59. The highest BCUT2D eigenvalue weighted by molar-refractivity contribution is 6.07. The van der Waals surface area contributed by atoms with Crippen molar-refractivity contribution in [2.75, 3.05) is 0 Å². The molecule has 0 aliphatic heterocycles. The fraction of sp³-hybridized carbons (Fsp3) is 0.0769. The molecule has 3 rings (SSSR count). The summed E-state index contributed by atoms with van der Waals surface area (Å²) in [6, 6.07) is 17.0. The van der Waals surface area contributed by atoms with Crippen molar-refractivity contribution in [3.05, 3.63) is 48.5 Å². The zero-order chi connectivity index (χ0) is 9.54. The van der Waals surface area contributed by atoms with Crippen LogP contribution in [-0.4, -0.2) is 4.57 Å². The van der Waals surface area contributed by atoms with Crippen LogP contribution in [0.3, 0.4) is 0 Å². The highest BCUT2D eigenvalue weighted by Gasteiger charge is 2.04. The molecule has 1 nitrogen and oxygen atoms in total. The summed E-state index contributed by atoms with van der Waals surface area (Å²) in [4.78, 5) is 0. The van der Waals surface area contributed by atoms with Gasteiger partial charge in [0.15, 0.2) is 0 Å². The Bertz CT molecular complexity index is 557. The molecule has 0 bridgehead atoms. The van der Waals surface area contributed by atoms with Crippen LogP contribution in [-0.2, 0) is 7.05 Å². The minimum absolute atomic E-state index is 0. The van der Waals surface area contributed by atoms with Crippen LogP contribution in [0.15, 0.2) is 48.5 Å². The fourth-order valence-electron chi connectivity index (χ4n) is 2.12. The van der Waals surface area contributed by atoms with E-state index in [0.29, 0.717) is 0 Å². The first kappa shape index (κ1) is 10.1.